The first-order valence-corrected chi connectivity index (χ1v) is 10.7. The molecule has 1 heterocycles. The quantitative estimate of drug-likeness (QED) is 0.454. The predicted molar refractivity (Wildman–Crippen MR) is 120 cm³/mol. The van der Waals surface area contributed by atoms with Gasteiger partial charge in [0.15, 0.2) is 11.2 Å². The zero-order valence-electron chi connectivity index (χ0n) is 18.5. The number of carboxylic acid groups (broad SMARTS) is 1. The molecule has 2 unspecified atom stereocenters. The van der Waals surface area contributed by atoms with Gasteiger partial charge >= 0.3 is 5.97 Å². The summed E-state index contributed by atoms with van der Waals surface area (Å²) in [6, 6.07) is 18.1. The number of ether oxygens (including phenoxy) is 3. The highest BCUT2D eigenvalue weighted by atomic mass is 16.5. The van der Waals surface area contributed by atoms with Crippen LogP contribution in [0.4, 0.5) is 0 Å². The number of carboxylic acids is 1. The van der Waals surface area contributed by atoms with Gasteiger partial charge in [0.2, 0.25) is 0 Å². The molecule has 0 amide bonds. The first kappa shape index (κ1) is 22.1. The summed E-state index contributed by atoms with van der Waals surface area (Å²) in [4.78, 5) is 12.5. The fraction of sp³-hybridized carbons (Fsp3) is 0.269. The van der Waals surface area contributed by atoms with Crippen LogP contribution in [-0.4, -0.2) is 46.7 Å². The van der Waals surface area contributed by atoms with Crippen LogP contribution < -0.4 is 14.2 Å². The summed E-state index contributed by atoms with van der Waals surface area (Å²) in [6.07, 6.45) is -1.77. The number of hydrogen-bond donors (Lipinski definition) is 4. The maximum Gasteiger partial charge on any atom is 0.310 e. The van der Waals surface area contributed by atoms with Crippen molar-refractivity contribution in [3.63, 3.8) is 0 Å². The molecule has 8 heteroatoms. The average molecular weight is 464 g/mol. The van der Waals surface area contributed by atoms with Crippen molar-refractivity contribution >= 4 is 5.97 Å². The molecule has 34 heavy (non-hydrogen) atoms. The number of phenolic OH excluding ortho intramolecular Hbond substituents is 1. The number of aliphatic hydroxyl groups is 2. The third kappa shape index (κ3) is 2.69. The first-order chi connectivity index (χ1) is 16.3. The van der Waals surface area contributed by atoms with Crippen molar-refractivity contribution < 1.29 is 39.4 Å². The normalized spacial score (nSPS) is 29.1. The molecule has 1 aliphatic heterocycles. The van der Waals surface area contributed by atoms with E-state index in [-0.39, 0.29) is 22.8 Å². The molecule has 3 aromatic rings. The van der Waals surface area contributed by atoms with E-state index in [1.54, 1.807) is 54.6 Å². The van der Waals surface area contributed by atoms with Crippen LogP contribution in [-0.2, 0) is 16.0 Å². The largest absolute Gasteiger partial charge is 0.508 e. The monoisotopic (exact) mass is 464 g/mol. The first-order valence-electron chi connectivity index (χ1n) is 10.7. The Morgan fingerprint density at radius 3 is 2.26 bits per heavy atom. The number of phenols is 1. The van der Waals surface area contributed by atoms with Gasteiger partial charge in [-0.25, -0.2) is 0 Å². The van der Waals surface area contributed by atoms with Crippen LogP contribution >= 0.6 is 0 Å². The molecule has 3 aromatic carbocycles. The molecule has 8 nitrogen and oxygen atoms in total. The number of fused-ring (bicyclic) bond motifs is 3. The Balaban J connectivity index is 1.88. The highest BCUT2D eigenvalue weighted by Gasteiger charge is 2.78. The number of rotatable bonds is 5. The molecule has 176 valence electrons. The topological polar surface area (TPSA) is 126 Å². The van der Waals surface area contributed by atoms with Crippen LogP contribution in [0.2, 0.25) is 0 Å². The standard InChI is InChI=1S/C26H24O8/c1-32-17-10-8-15(9-11-17)26-21(14-6-4-3-5-7-14)20(24(29)30)23(28)25(26,31)22-18(33-2)12-16(27)13-19(22)34-26/h3-13,20-21,23,27-28,31H,1-2H3,(H,29,30)/t20?,21-,23?,25+,26+/m1/s1. The van der Waals surface area contributed by atoms with Crippen molar-refractivity contribution in [2.75, 3.05) is 14.2 Å². The summed E-state index contributed by atoms with van der Waals surface area (Å²) in [6.45, 7) is 0. The van der Waals surface area contributed by atoms with E-state index in [9.17, 15) is 25.2 Å². The highest BCUT2D eigenvalue weighted by molar-refractivity contribution is 5.76. The summed E-state index contributed by atoms with van der Waals surface area (Å²) < 4.78 is 17.2. The van der Waals surface area contributed by atoms with Crippen LogP contribution in [0.3, 0.4) is 0 Å². The molecule has 0 radical (unpaired) electrons. The molecule has 1 aliphatic carbocycles. The molecule has 5 rings (SSSR count). The van der Waals surface area contributed by atoms with Crippen molar-refractivity contribution in [2.45, 2.75) is 23.2 Å². The average Bonchev–Trinajstić information content (AvgIpc) is 3.22. The van der Waals surface area contributed by atoms with E-state index in [1.165, 1.54) is 26.4 Å². The number of aliphatic carboxylic acids is 1. The van der Waals surface area contributed by atoms with E-state index in [0.29, 0.717) is 16.9 Å². The van der Waals surface area contributed by atoms with Gasteiger partial charge in [-0.05, 0) is 23.3 Å². The molecular weight excluding hydrogens is 440 g/mol. The number of carbonyl (C=O) groups is 1. The zero-order chi connectivity index (χ0) is 24.3. The van der Waals surface area contributed by atoms with Crippen LogP contribution in [0.1, 0.15) is 22.6 Å². The van der Waals surface area contributed by atoms with Gasteiger partial charge in [0, 0.05) is 18.1 Å². The van der Waals surface area contributed by atoms with Crippen LogP contribution in [0.15, 0.2) is 66.7 Å². The van der Waals surface area contributed by atoms with Crippen molar-refractivity contribution in [2.24, 2.45) is 5.92 Å². The fourth-order valence-electron chi connectivity index (χ4n) is 5.67. The summed E-state index contributed by atoms with van der Waals surface area (Å²) >= 11 is 0. The number of methoxy groups -OCH3 is 2. The molecular formula is C26H24O8. The highest BCUT2D eigenvalue weighted by Crippen LogP contribution is 2.70. The maximum atomic E-state index is 12.5. The van der Waals surface area contributed by atoms with Gasteiger partial charge in [-0.2, -0.15) is 0 Å². The van der Waals surface area contributed by atoms with Gasteiger partial charge in [-0.1, -0.05) is 42.5 Å². The Morgan fingerprint density at radius 2 is 1.68 bits per heavy atom. The molecule has 2 aliphatic rings. The van der Waals surface area contributed by atoms with Crippen molar-refractivity contribution in [3.05, 3.63) is 83.4 Å². The molecule has 1 fully saturated rings. The van der Waals surface area contributed by atoms with Gasteiger partial charge in [0.25, 0.3) is 0 Å². The van der Waals surface area contributed by atoms with Gasteiger partial charge in [-0.3, -0.25) is 4.79 Å². The molecule has 0 bridgehead atoms. The molecule has 4 N–H and O–H groups in total. The SMILES string of the molecule is COc1ccc([C@@]23Oc4cc(O)cc(OC)c4[C@]2(O)C(O)C(C(=O)O)[C@H]3c2ccccc2)cc1. The summed E-state index contributed by atoms with van der Waals surface area (Å²) in [5.74, 6) is -3.13. The van der Waals surface area contributed by atoms with Gasteiger partial charge < -0.3 is 34.6 Å². The second kappa shape index (κ2) is 7.65. The lowest BCUT2D eigenvalue weighted by molar-refractivity contribution is -0.159. The van der Waals surface area contributed by atoms with Crippen molar-refractivity contribution in [1.29, 1.82) is 0 Å². The Morgan fingerprint density at radius 1 is 1.00 bits per heavy atom. The van der Waals surface area contributed by atoms with Gasteiger partial charge in [-0.15, -0.1) is 0 Å². The minimum atomic E-state index is -2.22. The Bertz CT molecular complexity index is 1240. The number of benzene rings is 3. The van der Waals surface area contributed by atoms with Crippen molar-refractivity contribution in [3.8, 4) is 23.0 Å². The lowest BCUT2D eigenvalue weighted by Crippen LogP contribution is -2.52. The van der Waals surface area contributed by atoms with E-state index in [1.807, 2.05) is 0 Å². The van der Waals surface area contributed by atoms with E-state index in [0.717, 1.165) is 0 Å². The van der Waals surface area contributed by atoms with Crippen molar-refractivity contribution in [1.82, 2.24) is 0 Å². The van der Waals surface area contributed by atoms with Crippen LogP contribution in [0, 0.1) is 5.92 Å². The Kier molecular flexibility index (Phi) is 4.96. The summed E-state index contributed by atoms with van der Waals surface area (Å²) in [5.41, 5.74) is -2.89. The molecule has 5 atom stereocenters. The molecule has 0 saturated heterocycles. The Labute approximate surface area is 195 Å². The third-order valence-electron chi connectivity index (χ3n) is 7.02. The number of hydrogen-bond acceptors (Lipinski definition) is 7. The lowest BCUT2D eigenvalue weighted by Gasteiger charge is -2.40. The van der Waals surface area contributed by atoms with Crippen LogP contribution in [0.5, 0.6) is 23.0 Å². The fourth-order valence-corrected chi connectivity index (χ4v) is 5.67. The predicted octanol–water partition coefficient (Wildman–Crippen LogP) is 2.74. The van der Waals surface area contributed by atoms with E-state index >= 15 is 0 Å². The minimum absolute atomic E-state index is 0.0739. The smallest absolute Gasteiger partial charge is 0.310 e. The maximum absolute atomic E-state index is 12.5. The number of aliphatic hydroxyl groups excluding tert-OH is 1. The molecule has 0 spiro atoms. The van der Waals surface area contributed by atoms with Crippen LogP contribution in [0.25, 0.3) is 0 Å². The number of aromatic hydroxyl groups is 1. The van der Waals surface area contributed by atoms with E-state index in [4.69, 9.17) is 14.2 Å². The zero-order valence-corrected chi connectivity index (χ0v) is 18.5. The van der Waals surface area contributed by atoms with Gasteiger partial charge in [0.05, 0.1) is 25.7 Å². The van der Waals surface area contributed by atoms with Gasteiger partial charge in [0.1, 0.15) is 29.1 Å². The summed E-state index contributed by atoms with van der Waals surface area (Å²) in [5, 5.41) is 44.4. The summed E-state index contributed by atoms with van der Waals surface area (Å²) in [7, 11) is 2.88. The van der Waals surface area contributed by atoms with E-state index in [2.05, 4.69) is 0 Å². The molecule has 0 aromatic heterocycles. The lowest BCUT2D eigenvalue weighted by atomic mass is 9.70. The Hall–Kier alpha value is -3.75. The van der Waals surface area contributed by atoms with E-state index < -0.39 is 35.1 Å². The molecule has 1 saturated carbocycles. The third-order valence-corrected chi connectivity index (χ3v) is 7.02. The minimum Gasteiger partial charge on any atom is -0.508 e. The second-order valence-electron chi connectivity index (χ2n) is 8.55. The second-order valence-corrected chi connectivity index (χ2v) is 8.55.